The van der Waals surface area contributed by atoms with Crippen molar-refractivity contribution in [1.82, 2.24) is 15.1 Å². The molecular formula is C25H29F3N4O4S. The number of nitrogens with one attached hydrogen (secondary N) is 1. The molecule has 4 aliphatic rings. The second-order valence-corrected chi connectivity index (χ2v) is 12.9. The highest BCUT2D eigenvalue weighted by Gasteiger charge is 2.60. The van der Waals surface area contributed by atoms with Crippen molar-refractivity contribution in [3.05, 3.63) is 29.8 Å². The summed E-state index contributed by atoms with van der Waals surface area (Å²) in [6.45, 7) is 1.21. The van der Waals surface area contributed by atoms with Crippen molar-refractivity contribution < 1.29 is 31.2 Å². The fraction of sp³-hybridized carbons (Fsp3) is 0.640. The summed E-state index contributed by atoms with van der Waals surface area (Å²) in [5, 5.41) is 10.9. The highest BCUT2D eigenvalue weighted by Crippen LogP contribution is 2.46. The summed E-state index contributed by atoms with van der Waals surface area (Å²) in [4.78, 5) is 30.1. The third-order valence-electron chi connectivity index (χ3n) is 8.16. The average Bonchev–Trinajstić information content (AvgIpc) is 3.80. The SMILES string of the molecule is N#CC1(NC(=O)[C@@H]2C[C@@H](S(=O)(=O)c3cccc(C(F)(F)F)c3)CN2C(=O)C2(N3CCCCC3)CC2)CC1. The van der Waals surface area contributed by atoms with E-state index in [1.807, 2.05) is 0 Å². The normalized spacial score (nSPS) is 26.8. The second-order valence-electron chi connectivity index (χ2n) is 10.7. The number of nitrogens with zero attached hydrogens (tertiary/aromatic N) is 3. The summed E-state index contributed by atoms with van der Waals surface area (Å²) in [5.41, 5.74) is -2.85. The molecule has 0 unspecified atom stereocenters. The van der Waals surface area contributed by atoms with Crippen molar-refractivity contribution in [2.75, 3.05) is 19.6 Å². The number of sulfone groups is 1. The van der Waals surface area contributed by atoms with E-state index in [9.17, 15) is 36.4 Å². The van der Waals surface area contributed by atoms with Gasteiger partial charge < -0.3 is 10.2 Å². The number of hydrogen-bond donors (Lipinski definition) is 1. The number of nitriles is 1. The van der Waals surface area contributed by atoms with Crippen LogP contribution in [-0.4, -0.2) is 72.0 Å². The molecule has 0 aromatic heterocycles. The average molecular weight is 539 g/mol. The molecule has 2 saturated carbocycles. The number of alkyl halides is 3. The van der Waals surface area contributed by atoms with Crippen molar-refractivity contribution in [2.24, 2.45) is 0 Å². The van der Waals surface area contributed by atoms with Gasteiger partial charge in [0.05, 0.1) is 21.8 Å². The third kappa shape index (κ3) is 4.72. The molecule has 2 aliphatic carbocycles. The van der Waals surface area contributed by atoms with E-state index in [1.165, 1.54) is 4.90 Å². The molecule has 4 fully saturated rings. The molecule has 37 heavy (non-hydrogen) atoms. The Morgan fingerprint density at radius 2 is 1.76 bits per heavy atom. The first kappa shape index (κ1) is 26.0. The summed E-state index contributed by atoms with van der Waals surface area (Å²) >= 11 is 0. The lowest BCUT2D eigenvalue weighted by Gasteiger charge is -2.37. The van der Waals surface area contributed by atoms with Crippen LogP contribution < -0.4 is 5.32 Å². The number of carbonyl (C=O) groups excluding carboxylic acids is 2. The van der Waals surface area contributed by atoms with Crippen LogP contribution in [0.5, 0.6) is 0 Å². The van der Waals surface area contributed by atoms with E-state index in [0.29, 0.717) is 31.7 Å². The van der Waals surface area contributed by atoms with E-state index in [4.69, 9.17) is 0 Å². The number of amides is 2. The number of hydrogen-bond acceptors (Lipinski definition) is 6. The Labute approximate surface area is 213 Å². The first-order valence-corrected chi connectivity index (χ1v) is 14.2. The number of benzene rings is 1. The fourth-order valence-electron chi connectivity index (χ4n) is 5.62. The highest BCUT2D eigenvalue weighted by molar-refractivity contribution is 7.92. The van der Waals surface area contributed by atoms with E-state index >= 15 is 0 Å². The predicted octanol–water partition coefficient (Wildman–Crippen LogP) is 2.64. The molecular weight excluding hydrogens is 509 g/mol. The summed E-state index contributed by atoms with van der Waals surface area (Å²) in [6, 6.07) is 4.49. The fourth-order valence-corrected chi connectivity index (χ4v) is 7.36. The Balaban J connectivity index is 1.44. The molecule has 0 spiro atoms. The minimum absolute atomic E-state index is 0.242. The van der Waals surface area contributed by atoms with Gasteiger partial charge in [-0.15, -0.1) is 0 Å². The van der Waals surface area contributed by atoms with Gasteiger partial charge in [0, 0.05) is 6.54 Å². The minimum atomic E-state index is -4.71. The van der Waals surface area contributed by atoms with Crippen molar-refractivity contribution in [3.63, 3.8) is 0 Å². The summed E-state index contributed by atoms with van der Waals surface area (Å²) in [6.07, 6.45) is 0.199. The monoisotopic (exact) mass is 538 g/mol. The van der Waals surface area contributed by atoms with Crippen molar-refractivity contribution in [3.8, 4) is 6.07 Å². The Morgan fingerprint density at radius 1 is 1.08 bits per heavy atom. The quantitative estimate of drug-likeness (QED) is 0.596. The van der Waals surface area contributed by atoms with Crippen LogP contribution in [0.2, 0.25) is 0 Å². The zero-order valence-corrected chi connectivity index (χ0v) is 21.1. The van der Waals surface area contributed by atoms with E-state index in [0.717, 1.165) is 50.6 Å². The second kappa shape index (κ2) is 8.98. The summed E-state index contributed by atoms with van der Waals surface area (Å²) in [5.74, 6) is -0.901. The molecule has 2 amide bonds. The maximum absolute atomic E-state index is 13.9. The van der Waals surface area contributed by atoms with Gasteiger partial charge in [0.1, 0.15) is 17.1 Å². The Morgan fingerprint density at radius 3 is 2.32 bits per heavy atom. The number of piperidine rings is 1. The van der Waals surface area contributed by atoms with Crippen molar-refractivity contribution >= 4 is 21.7 Å². The topological polar surface area (TPSA) is 111 Å². The van der Waals surface area contributed by atoms with E-state index in [-0.39, 0.29) is 18.9 Å². The van der Waals surface area contributed by atoms with E-state index in [2.05, 4.69) is 16.3 Å². The molecule has 8 nitrogen and oxygen atoms in total. The lowest BCUT2D eigenvalue weighted by Crippen LogP contribution is -2.57. The van der Waals surface area contributed by atoms with Gasteiger partial charge in [-0.1, -0.05) is 12.5 Å². The Kier molecular flexibility index (Phi) is 6.30. The van der Waals surface area contributed by atoms with Gasteiger partial charge in [-0.05, 0) is 76.2 Å². The molecule has 12 heteroatoms. The minimum Gasteiger partial charge on any atom is -0.336 e. The van der Waals surface area contributed by atoms with Crippen LogP contribution in [0.25, 0.3) is 0 Å². The molecule has 1 aromatic carbocycles. The lowest BCUT2D eigenvalue weighted by atomic mass is 10.1. The van der Waals surface area contributed by atoms with Gasteiger partial charge in [0.2, 0.25) is 11.8 Å². The molecule has 1 N–H and O–H groups in total. The van der Waals surface area contributed by atoms with Crippen LogP contribution in [0.15, 0.2) is 29.2 Å². The Hall–Kier alpha value is -2.65. The smallest absolute Gasteiger partial charge is 0.336 e. The van der Waals surface area contributed by atoms with Crippen LogP contribution in [0, 0.1) is 11.3 Å². The van der Waals surface area contributed by atoms with Gasteiger partial charge in [0.25, 0.3) is 0 Å². The molecule has 0 radical (unpaired) electrons. The molecule has 2 aliphatic heterocycles. The van der Waals surface area contributed by atoms with E-state index in [1.54, 1.807) is 0 Å². The Bertz CT molecular complexity index is 1250. The zero-order valence-electron chi connectivity index (χ0n) is 20.3. The first-order valence-electron chi connectivity index (χ1n) is 12.6. The van der Waals surface area contributed by atoms with Crippen molar-refractivity contribution in [1.29, 1.82) is 5.26 Å². The summed E-state index contributed by atoms with van der Waals surface area (Å²) < 4.78 is 66.7. The number of likely N-dealkylation sites (tertiary alicyclic amines) is 2. The first-order chi connectivity index (χ1) is 17.4. The largest absolute Gasteiger partial charge is 0.416 e. The van der Waals surface area contributed by atoms with Crippen LogP contribution in [0.4, 0.5) is 13.2 Å². The predicted molar refractivity (Wildman–Crippen MR) is 126 cm³/mol. The molecule has 200 valence electrons. The third-order valence-corrected chi connectivity index (χ3v) is 10.3. The van der Waals surface area contributed by atoms with Crippen LogP contribution in [0.3, 0.4) is 0 Å². The zero-order chi connectivity index (χ0) is 26.6. The van der Waals surface area contributed by atoms with Gasteiger partial charge in [0.15, 0.2) is 9.84 Å². The van der Waals surface area contributed by atoms with Gasteiger partial charge >= 0.3 is 6.18 Å². The molecule has 2 atom stereocenters. The molecule has 5 rings (SSSR count). The summed E-state index contributed by atoms with van der Waals surface area (Å²) in [7, 11) is -4.29. The van der Waals surface area contributed by atoms with E-state index < -0.39 is 54.7 Å². The number of carbonyl (C=O) groups is 2. The highest BCUT2D eigenvalue weighted by atomic mass is 32.2. The number of rotatable bonds is 6. The lowest BCUT2D eigenvalue weighted by molar-refractivity contribution is -0.144. The maximum Gasteiger partial charge on any atom is 0.416 e. The van der Waals surface area contributed by atoms with Gasteiger partial charge in [-0.3, -0.25) is 14.5 Å². The van der Waals surface area contributed by atoms with Gasteiger partial charge in [-0.25, -0.2) is 8.42 Å². The molecule has 0 bridgehead atoms. The number of halogens is 3. The van der Waals surface area contributed by atoms with Crippen LogP contribution >= 0.6 is 0 Å². The maximum atomic E-state index is 13.9. The van der Waals surface area contributed by atoms with Crippen LogP contribution in [0.1, 0.15) is 56.9 Å². The standard InChI is InChI=1S/C25H29F3N4O4S/c26-25(27,28)17-5-4-6-18(13-17)37(35,36)19-14-20(21(33)30-23(16-29)7-8-23)32(15-19)22(34)24(9-10-24)31-11-2-1-3-12-31/h4-6,13,19-20H,1-3,7-12,14-15H2,(H,30,33)/t19-,20+/m1/s1. The molecule has 2 heterocycles. The van der Waals surface area contributed by atoms with Crippen molar-refractivity contribution in [2.45, 2.75) is 84.8 Å². The molecule has 1 aromatic rings. The molecule has 2 saturated heterocycles. The van der Waals surface area contributed by atoms with Crippen LogP contribution in [-0.2, 0) is 25.6 Å². The van der Waals surface area contributed by atoms with Gasteiger partial charge in [-0.2, -0.15) is 18.4 Å².